The first-order chi connectivity index (χ1) is 4.31. The van der Waals surface area contributed by atoms with Gasteiger partial charge in [0.15, 0.2) is 0 Å². The summed E-state index contributed by atoms with van der Waals surface area (Å²) in [6.07, 6.45) is -5.98. The summed E-state index contributed by atoms with van der Waals surface area (Å²) in [5.41, 5.74) is 0. The first kappa shape index (κ1) is 9.68. The fraction of sp³-hybridized carbons (Fsp3) is 1.00. The fourth-order valence-electron chi connectivity index (χ4n) is 0.464. The predicted octanol–water partition coefficient (Wildman–Crippen LogP) is 2.01. The summed E-state index contributed by atoms with van der Waals surface area (Å²) < 4.78 is 46.8. The lowest BCUT2D eigenvalue weighted by atomic mass is 10.2. The molecule has 0 radical (unpaired) electrons. The van der Waals surface area contributed by atoms with Crippen LogP contribution in [0, 0.1) is 0 Å². The summed E-state index contributed by atoms with van der Waals surface area (Å²) in [5.74, 6) is -4.29. The molecule has 0 aliphatic rings. The lowest BCUT2D eigenvalue weighted by Crippen LogP contribution is -2.39. The van der Waals surface area contributed by atoms with Gasteiger partial charge in [0.1, 0.15) is 0 Å². The summed E-state index contributed by atoms with van der Waals surface area (Å²) >= 11 is 0. The van der Waals surface area contributed by atoms with Crippen molar-refractivity contribution in [1.29, 1.82) is 0 Å². The Morgan fingerprint density at radius 2 is 1.60 bits per heavy atom. The van der Waals surface area contributed by atoms with Gasteiger partial charge in [-0.05, 0) is 0 Å². The van der Waals surface area contributed by atoms with E-state index in [1.54, 1.807) is 0 Å². The average Bonchev–Trinajstić information content (AvgIpc) is 1.61. The standard InChI is InChI=1S/C5H8F4O/c1-2-3-4(6,7)5(8,9)10/h10H,2-3H2,1H3. The lowest BCUT2D eigenvalue weighted by Gasteiger charge is -2.20. The molecule has 0 spiro atoms. The predicted molar refractivity (Wildman–Crippen MR) is 27.0 cm³/mol. The molecule has 0 unspecified atom stereocenters. The van der Waals surface area contributed by atoms with Crippen molar-refractivity contribution in [1.82, 2.24) is 0 Å². The smallest absolute Gasteiger partial charge is 0.332 e. The van der Waals surface area contributed by atoms with Gasteiger partial charge < -0.3 is 5.11 Å². The summed E-state index contributed by atoms with van der Waals surface area (Å²) in [5, 5.41) is 7.59. The van der Waals surface area contributed by atoms with Gasteiger partial charge in [0.05, 0.1) is 0 Å². The first-order valence-corrected chi connectivity index (χ1v) is 2.79. The van der Waals surface area contributed by atoms with Gasteiger partial charge in [-0.1, -0.05) is 13.3 Å². The Morgan fingerprint density at radius 3 is 1.70 bits per heavy atom. The van der Waals surface area contributed by atoms with Crippen molar-refractivity contribution in [3.05, 3.63) is 0 Å². The largest absolute Gasteiger partial charge is 0.416 e. The molecule has 0 rings (SSSR count). The van der Waals surface area contributed by atoms with Crippen LogP contribution in [-0.4, -0.2) is 17.1 Å². The van der Waals surface area contributed by atoms with E-state index in [0.29, 0.717) is 0 Å². The summed E-state index contributed by atoms with van der Waals surface area (Å²) in [7, 11) is 0. The molecule has 0 fully saturated rings. The maximum atomic E-state index is 11.9. The Hall–Kier alpha value is -0.320. The van der Waals surface area contributed by atoms with E-state index < -0.39 is 18.5 Å². The Labute approximate surface area is 55.7 Å². The fourth-order valence-corrected chi connectivity index (χ4v) is 0.464. The highest BCUT2D eigenvalue weighted by atomic mass is 19.3. The van der Waals surface area contributed by atoms with Crippen LogP contribution in [0.3, 0.4) is 0 Å². The Bertz CT molecular complexity index is 107. The van der Waals surface area contributed by atoms with Crippen LogP contribution >= 0.6 is 0 Å². The summed E-state index contributed by atoms with van der Waals surface area (Å²) in [6, 6.07) is 0. The van der Waals surface area contributed by atoms with E-state index in [2.05, 4.69) is 0 Å². The molecule has 0 aliphatic carbocycles. The molecule has 0 bridgehead atoms. The SMILES string of the molecule is CCCC(F)(F)C(O)(F)F. The average molecular weight is 160 g/mol. The van der Waals surface area contributed by atoms with Gasteiger partial charge in [-0.3, -0.25) is 0 Å². The number of alkyl halides is 4. The minimum atomic E-state index is -4.89. The monoisotopic (exact) mass is 160 g/mol. The molecule has 62 valence electrons. The molecule has 0 saturated carbocycles. The van der Waals surface area contributed by atoms with Crippen LogP contribution in [0.2, 0.25) is 0 Å². The van der Waals surface area contributed by atoms with Crippen molar-refractivity contribution in [2.75, 3.05) is 0 Å². The van der Waals surface area contributed by atoms with E-state index in [1.807, 2.05) is 0 Å². The van der Waals surface area contributed by atoms with Crippen LogP contribution in [0.1, 0.15) is 19.8 Å². The quantitative estimate of drug-likeness (QED) is 0.626. The number of hydrogen-bond acceptors (Lipinski definition) is 1. The molecular weight excluding hydrogens is 152 g/mol. The number of aliphatic hydroxyl groups is 1. The van der Waals surface area contributed by atoms with Gasteiger partial charge in [0.2, 0.25) is 0 Å². The van der Waals surface area contributed by atoms with Crippen LogP contribution in [-0.2, 0) is 0 Å². The minimum Gasteiger partial charge on any atom is -0.332 e. The number of halogens is 4. The maximum absolute atomic E-state index is 11.9. The molecule has 0 heterocycles. The zero-order chi connectivity index (χ0) is 8.41. The van der Waals surface area contributed by atoms with E-state index in [1.165, 1.54) is 6.92 Å². The van der Waals surface area contributed by atoms with Crippen LogP contribution < -0.4 is 0 Å². The van der Waals surface area contributed by atoms with E-state index in [4.69, 9.17) is 5.11 Å². The third-order valence-electron chi connectivity index (χ3n) is 1.00. The molecule has 0 atom stereocenters. The highest BCUT2D eigenvalue weighted by molar-refractivity contribution is 4.73. The van der Waals surface area contributed by atoms with Crippen molar-refractivity contribution >= 4 is 0 Å². The summed E-state index contributed by atoms with van der Waals surface area (Å²) in [6.45, 7) is 1.33. The first-order valence-electron chi connectivity index (χ1n) is 2.79. The van der Waals surface area contributed by atoms with Crippen molar-refractivity contribution in [2.45, 2.75) is 31.8 Å². The van der Waals surface area contributed by atoms with Crippen molar-refractivity contribution in [3.8, 4) is 0 Å². The second kappa shape index (κ2) is 2.74. The van der Waals surface area contributed by atoms with Crippen molar-refractivity contribution in [3.63, 3.8) is 0 Å². The van der Waals surface area contributed by atoms with Gasteiger partial charge >= 0.3 is 12.0 Å². The second-order valence-electron chi connectivity index (χ2n) is 2.00. The molecule has 1 N–H and O–H groups in total. The molecule has 0 amide bonds. The highest BCUT2D eigenvalue weighted by Crippen LogP contribution is 2.35. The summed E-state index contributed by atoms with van der Waals surface area (Å²) in [4.78, 5) is 0. The molecular formula is C5H8F4O. The van der Waals surface area contributed by atoms with Crippen LogP contribution in [0.5, 0.6) is 0 Å². The molecule has 1 nitrogen and oxygen atoms in total. The zero-order valence-electron chi connectivity index (χ0n) is 5.37. The molecule has 0 aromatic heterocycles. The van der Waals surface area contributed by atoms with Gasteiger partial charge in [0, 0.05) is 6.42 Å². The Kier molecular flexibility index (Phi) is 2.65. The van der Waals surface area contributed by atoms with Gasteiger partial charge in [0.25, 0.3) is 0 Å². The molecule has 10 heavy (non-hydrogen) atoms. The molecule has 0 aliphatic heterocycles. The third kappa shape index (κ3) is 2.13. The third-order valence-corrected chi connectivity index (χ3v) is 1.00. The Balaban J connectivity index is 4.10. The maximum Gasteiger partial charge on any atom is 0.416 e. The van der Waals surface area contributed by atoms with Crippen molar-refractivity contribution in [2.24, 2.45) is 0 Å². The van der Waals surface area contributed by atoms with Gasteiger partial charge in [-0.25, -0.2) is 0 Å². The van der Waals surface area contributed by atoms with E-state index in [9.17, 15) is 17.6 Å². The lowest BCUT2D eigenvalue weighted by molar-refractivity contribution is -0.327. The topological polar surface area (TPSA) is 20.2 Å². The van der Waals surface area contributed by atoms with E-state index in [-0.39, 0.29) is 6.42 Å². The molecule has 0 aromatic carbocycles. The van der Waals surface area contributed by atoms with E-state index >= 15 is 0 Å². The highest BCUT2D eigenvalue weighted by Gasteiger charge is 2.54. The van der Waals surface area contributed by atoms with Gasteiger partial charge in [-0.15, -0.1) is 0 Å². The second-order valence-corrected chi connectivity index (χ2v) is 2.00. The minimum absolute atomic E-state index is 0.0941. The van der Waals surface area contributed by atoms with Crippen molar-refractivity contribution < 1.29 is 22.7 Å². The normalized spacial score (nSPS) is 13.8. The molecule has 0 saturated heterocycles. The number of hydrogen-bond donors (Lipinski definition) is 1. The Morgan fingerprint density at radius 1 is 1.20 bits per heavy atom. The van der Waals surface area contributed by atoms with Crippen LogP contribution in [0.25, 0.3) is 0 Å². The van der Waals surface area contributed by atoms with E-state index in [0.717, 1.165) is 0 Å². The van der Waals surface area contributed by atoms with Crippen LogP contribution in [0.4, 0.5) is 17.6 Å². The van der Waals surface area contributed by atoms with Crippen LogP contribution in [0.15, 0.2) is 0 Å². The number of rotatable bonds is 3. The van der Waals surface area contributed by atoms with Gasteiger partial charge in [-0.2, -0.15) is 17.6 Å². The molecule has 5 heteroatoms. The zero-order valence-corrected chi connectivity index (χ0v) is 5.37. The molecule has 0 aromatic rings.